The minimum absolute atomic E-state index is 0.0509. The molecule has 3 heteroatoms. The van der Waals surface area contributed by atoms with Crippen LogP contribution < -0.4 is 5.32 Å². The van der Waals surface area contributed by atoms with Gasteiger partial charge in [0.25, 0.3) is 0 Å². The fourth-order valence-corrected chi connectivity index (χ4v) is 1.77. The summed E-state index contributed by atoms with van der Waals surface area (Å²) in [5.74, 6) is 0. The Morgan fingerprint density at radius 3 is 2.87 bits per heavy atom. The van der Waals surface area contributed by atoms with Crippen molar-refractivity contribution < 1.29 is 4.79 Å². The van der Waals surface area contributed by atoms with Gasteiger partial charge in [-0.25, -0.2) is 4.79 Å². The van der Waals surface area contributed by atoms with Crippen LogP contribution in [-0.4, -0.2) is 23.5 Å². The summed E-state index contributed by atoms with van der Waals surface area (Å²) in [5.41, 5.74) is 1.20. The van der Waals surface area contributed by atoms with Crippen LogP contribution >= 0.6 is 0 Å². The van der Waals surface area contributed by atoms with Crippen molar-refractivity contribution in [2.45, 2.75) is 52.5 Å². The molecular weight excluding hydrogens is 188 g/mol. The summed E-state index contributed by atoms with van der Waals surface area (Å²) < 4.78 is 0. The lowest BCUT2D eigenvalue weighted by Gasteiger charge is -2.32. The van der Waals surface area contributed by atoms with Gasteiger partial charge in [0.1, 0.15) is 0 Å². The summed E-state index contributed by atoms with van der Waals surface area (Å²) in [7, 11) is 0. The van der Waals surface area contributed by atoms with Gasteiger partial charge in [-0.1, -0.05) is 12.5 Å². The van der Waals surface area contributed by atoms with Gasteiger partial charge in [0.15, 0.2) is 0 Å². The van der Waals surface area contributed by atoms with Crippen molar-refractivity contribution >= 4 is 6.03 Å². The Bertz CT molecular complexity index is 248. The molecule has 0 aliphatic carbocycles. The number of allylic oxidation sites excluding steroid dienone is 1. The summed E-state index contributed by atoms with van der Waals surface area (Å²) in [6, 6.07) is 0.434. The summed E-state index contributed by atoms with van der Waals surface area (Å²) in [5, 5.41) is 2.86. The lowest BCUT2D eigenvalue weighted by molar-refractivity contribution is 0.161. The van der Waals surface area contributed by atoms with Gasteiger partial charge in [-0.3, -0.25) is 0 Å². The predicted octanol–water partition coefficient (Wildman–Crippen LogP) is 2.88. The van der Waals surface area contributed by atoms with E-state index < -0.39 is 0 Å². The van der Waals surface area contributed by atoms with E-state index in [0.29, 0.717) is 6.04 Å². The molecule has 1 aliphatic rings. The molecule has 1 rings (SSSR count). The molecule has 0 spiro atoms. The lowest BCUT2D eigenvalue weighted by Crippen LogP contribution is -2.46. The number of nitrogens with zero attached hydrogens (tertiary/aromatic N) is 1. The highest BCUT2D eigenvalue weighted by Gasteiger charge is 2.22. The van der Waals surface area contributed by atoms with E-state index in [1.165, 1.54) is 12.0 Å². The Hall–Kier alpha value is -0.990. The molecule has 1 aliphatic heterocycles. The summed E-state index contributed by atoms with van der Waals surface area (Å²) >= 11 is 0. The van der Waals surface area contributed by atoms with Crippen molar-refractivity contribution in [1.29, 1.82) is 0 Å². The molecule has 15 heavy (non-hydrogen) atoms. The average molecular weight is 210 g/mol. The van der Waals surface area contributed by atoms with Crippen molar-refractivity contribution in [3.63, 3.8) is 0 Å². The van der Waals surface area contributed by atoms with Crippen LogP contribution in [0.4, 0.5) is 4.79 Å². The third kappa shape index (κ3) is 3.57. The van der Waals surface area contributed by atoms with Crippen LogP contribution in [0.15, 0.2) is 11.8 Å². The number of nitrogens with one attached hydrogen (secondary N) is 1. The summed E-state index contributed by atoms with van der Waals surface area (Å²) in [4.78, 5) is 13.7. The molecule has 3 nitrogen and oxygen atoms in total. The van der Waals surface area contributed by atoms with E-state index in [0.717, 1.165) is 25.8 Å². The van der Waals surface area contributed by atoms with Crippen LogP contribution in [0.1, 0.15) is 46.5 Å². The molecule has 1 fully saturated rings. The number of piperidine rings is 1. The number of hydrogen-bond donors (Lipinski definition) is 1. The van der Waals surface area contributed by atoms with Crippen molar-refractivity contribution in [3.8, 4) is 0 Å². The van der Waals surface area contributed by atoms with Crippen LogP contribution in [0.3, 0.4) is 0 Å². The van der Waals surface area contributed by atoms with Crippen molar-refractivity contribution in [1.82, 2.24) is 10.2 Å². The third-order valence-corrected chi connectivity index (χ3v) is 3.06. The number of rotatable bonds is 2. The van der Waals surface area contributed by atoms with Gasteiger partial charge in [-0.2, -0.15) is 0 Å². The predicted molar refractivity (Wildman–Crippen MR) is 62.6 cm³/mol. The molecule has 1 N–H and O–H groups in total. The van der Waals surface area contributed by atoms with Gasteiger partial charge in [0.2, 0.25) is 0 Å². The molecule has 2 amide bonds. The standard InChI is InChI=1S/C12H22N2O/c1-4-10(2)9-13-12(15)14-8-6-5-7-11(14)3/h9,11H,4-8H2,1-3H3,(H,13,15)/b10-9+. The highest BCUT2D eigenvalue weighted by atomic mass is 16.2. The summed E-state index contributed by atoms with van der Waals surface area (Å²) in [6.07, 6.45) is 6.31. The Kier molecular flexibility index (Phi) is 4.66. The minimum atomic E-state index is 0.0509. The second kappa shape index (κ2) is 5.79. The fourth-order valence-electron chi connectivity index (χ4n) is 1.77. The molecule has 1 unspecified atom stereocenters. The molecule has 0 aromatic carbocycles. The molecule has 1 atom stereocenters. The maximum atomic E-state index is 11.8. The van der Waals surface area contributed by atoms with E-state index in [9.17, 15) is 4.79 Å². The maximum absolute atomic E-state index is 11.8. The normalized spacial score (nSPS) is 22.7. The number of hydrogen-bond acceptors (Lipinski definition) is 1. The molecule has 1 heterocycles. The first-order valence-electron chi connectivity index (χ1n) is 5.88. The molecule has 0 aromatic heterocycles. The van der Waals surface area contributed by atoms with Gasteiger partial charge in [0.05, 0.1) is 0 Å². The largest absolute Gasteiger partial charge is 0.322 e. The zero-order valence-electron chi connectivity index (χ0n) is 10.0. The van der Waals surface area contributed by atoms with Crippen LogP contribution in [0.2, 0.25) is 0 Å². The number of amides is 2. The fraction of sp³-hybridized carbons (Fsp3) is 0.750. The maximum Gasteiger partial charge on any atom is 0.321 e. The molecule has 1 saturated heterocycles. The summed E-state index contributed by atoms with van der Waals surface area (Å²) in [6.45, 7) is 7.13. The highest BCUT2D eigenvalue weighted by molar-refractivity contribution is 5.75. The smallest absolute Gasteiger partial charge is 0.321 e. The number of urea groups is 1. The number of likely N-dealkylation sites (tertiary alicyclic amines) is 1. The second-order valence-corrected chi connectivity index (χ2v) is 4.33. The molecule has 0 aromatic rings. The monoisotopic (exact) mass is 210 g/mol. The Morgan fingerprint density at radius 2 is 2.27 bits per heavy atom. The third-order valence-electron chi connectivity index (χ3n) is 3.06. The number of carbonyl (C=O) groups is 1. The zero-order valence-corrected chi connectivity index (χ0v) is 10.0. The van der Waals surface area contributed by atoms with E-state index >= 15 is 0 Å². The van der Waals surface area contributed by atoms with E-state index in [4.69, 9.17) is 0 Å². The number of carbonyl (C=O) groups excluding carboxylic acids is 1. The first kappa shape index (κ1) is 12.1. The SMILES string of the molecule is CC/C(C)=C/NC(=O)N1CCCCC1C. The van der Waals surface area contributed by atoms with Gasteiger partial charge in [-0.05, 0) is 39.5 Å². The Morgan fingerprint density at radius 1 is 1.53 bits per heavy atom. The second-order valence-electron chi connectivity index (χ2n) is 4.33. The Balaban J connectivity index is 2.45. The van der Waals surface area contributed by atoms with Crippen LogP contribution in [0, 0.1) is 0 Å². The first-order chi connectivity index (χ1) is 7.15. The van der Waals surface area contributed by atoms with Gasteiger partial charge < -0.3 is 10.2 Å². The molecular formula is C12H22N2O. The molecule has 0 saturated carbocycles. The molecule has 0 radical (unpaired) electrons. The first-order valence-corrected chi connectivity index (χ1v) is 5.88. The average Bonchev–Trinajstić information content (AvgIpc) is 2.26. The Labute approximate surface area is 92.5 Å². The molecule has 0 bridgehead atoms. The van der Waals surface area contributed by atoms with Crippen molar-refractivity contribution in [2.75, 3.05) is 6.54 Å². The highest BCUT2D eigenvalue weighted by Crippen LogP contribution is 2.16. The topological polar surface area (TPSA) is 32.3 Å². The van der Waals surface area contributed by atoms with E-state index in [1.807, 2.05) is 18.0 Å². The lowest BCUT2D eigenvalue weighted by atomic mass is 10.0. The van der Waals surface area contributed by atoms with Crippen molar-refractivity contribution in [3.05, 3.63) is 11.8 Å². The molecule has 86 valence electrons. The zero-order chi connectivity index (χ0) is 11.3. The van der Waals surface area contributed by atoms with Gasteiger partial charge >= 0.3 is 6.03 Å². The van der Waals surface area contributed by atoms with Crippen molar-refractivity contribution in [2.24, 2.45) is 0 Å². The quantitative estimate of drug-likeness (QED) is 0.746. The van der Waals surface area contributed by atoms with Crippen LogP contribution in [0.5, 0.6) is 0 Å². The van der Waals surface area contributed by atoms with E-state index in [1.54, 1.807) is 0 Å². The van der Waals surface area contributed by atoms with Gasteiger partial charge in [-0.15, -0.1) is 0 Å². The van der Waals surface area contributed by atoms with Crippen LogP contribution in [-0.2, 0) is 0 Å². The van der Waals surface area contributed by atoms with E-state index in [-0.39, 0.29) is 6.03 Å². The van der Waals surface area contributed by atoms with E-state index in [2.05, 4.69) is 19.2 Å². The van der Waals surface area contributed by atoms with Gasteiger partial charge in [0, 0.05) is 18.8 Å². The van der Waals surface area contributed by atoms with Crippen LogP contribution in [0.25, 0.3) is 0 Å². The minimum Gasteiger partial charge on any atom is -0.322 e.